The summed E-state index contributed by atoms with van der Waals surface area (Å²) < 4.78 is 22.4. The fourth-order valence-corrected chi connectivity index (χ4v) is 4.50. The van der Waals surface area contributed by atoms with Crippen LogP contribution in [-0.2, 0) is 18.0 Å². The molecule has 1 rings (SSSR count). The first-order valence-electron chi connectivity index (χ1n) is 7.19. The minimum absolute atomic E-state index is 0.153. The molecule has 0 aromatic heterocycles. The molecule has 0 aromatic carbocycles. The van der Waals surface area contributed by atoms with Gasteiger partial charge in [-0.1, -0.05) is 18.2 Å². The molecule has 6 nitrogen and oxygen atoms in total. The van der Waals surface area contributed by atoms with Crippen molar-refractivity contribution in [3.8, 4) is 0 Å². The van der Waals surface area contributed by atoms with Crippen LogP contribution in [-0.4, -0.2) is 54.9 Å². The second-order valence-corrected chi connectivity index (χ2v) is 7.85. The number of rotatable bonds is 9. The zero-order valence-electron chi connectivity index (χ0n) is 13.4. The van der Waals surface area contributed by atoms with E-state index in [0.717, 1.165) is 5.20 Å². The van der Waals surface area contributed by atoms with Crippen LogP contribution in [0, 0.1) is 0 Å². The molecule has 2 unspecified atom stereocenters. The lowest BCUT2D eigenvalue weighted by Gasteiger charge is -2.38. The van der Waals surface area contributed by atoms with E-state index in [2.05, 4.69) is 0 Å². The van der Waals surface area contributed by atoms with Crippen LogP contribution in [0.15, 0.2) is 23.4 Å². The quantitative estimate of drug-likeness (QED) is 0.610. The molecule has 7 heteroatoms. The second-order valence-electron chi connectivity index (χ2n) is 4.94. The Morgan fingerprint density at radius 3 is 2.29 bits per heavy atom. The Morgan fingerprint density at radius 2 is 1.90 bits per heavy atom. The highest BCUT2D eigenvalue weighted by Crippen LogP contribution is 2.32. The minimum atomic E-state index is -2.80. The SMILES string of the molecule is CCOC1(C(N)CCN)C=CC([Si](OC)(OC)OC)=CC1. The number of hydrogen-bond acceptors (Lipinski definition) is 6. The van der Waals surface area contributed by atoms with Crippen LogP contribution in [0.2, 0.25) is 0 Å². The predicted octanol–water partition coefficient (Wildman–Crippen LogP) is 0.741. The lowest BCUT2D eigenvalue weighted by atomic mass is 9.85. The molecule has 0 radical (unpaired) electrons. The molecule has 0 saturated carbocycles. The van der Waals surface area contributed by atoms with Crippen LogP contribution >= 0.6 is 0 Å². The van der Waals surface area contributed by atoms with Gasteiger partial charge in [0.1, 0.15) is 5.60 Å². The Bertz CT molecular complexity index is 377. The van der Waals surface area contributed by atoms with E-state index in [0.29, 0.717) is 26.0 Å². The molecule has 0 aliphatic heterocycles. The van der Waals surface area contributed by atoms with Gasteiger partial charge >= 0.3 is 8.80 Å². The van der Waals surface area contributed by atoms with Crippen molar-refractivity contribution in [2.24, 2.45) is 11.5 Å². The van der Waals surface area contributed by atoms with Crippen molar-refractivity contribution in [3.63, 3.8) is 0 Å². The minimum Gasteiger partial charge on any atom is -0.373 e. The van der Waals surface area contributed by atoms with Crippen molar-refractivity contribution >= 4 is 8.80 Å². The molecule has 0 fully saturated rings. The van der Waals surface area contributed by atoms with Crippen LogP contribution in [0.5, 0.6) is 0 Å². The van der Waals surface area contributed by atoms with Gasteiger partial charge in [0, 0.05) is 39.2 Å². The van der Waals surface area contributed by atoms with Gasteiger partial charge in [-0.2, -0.15) is 0 Å². The third kappa shape index (κ3) is 3.81. The fourth-order valence-electron chi connectivity index (χ4n) is 2.65. The predicted molar refractivity (Wildman–Crippen MR) is 84.6 cm³/mol. The fraction of sp³-hybridized carbons (Fsp3) is 0.714. The molecular weight excluding hydrogens is 288 g/mol. The largest absolute Gasteiger partial charge is 0.536 e. The van der Waals surface area contributed by atoms with Gasteiger partial charge in [-0.3, -0.25) is 0 Å². The smallest absolute Gasteiger partial charge is 0.373 e. The monoisotopic (exact) mass is 316 g/mol. The molecule has 0 bridgehead atoms. The third-order valence-electron chi connectivity index (χ3n) is 3.86. The lowest BCUT2D eigenvalue weighted by molar-refractivity contribution is -0.0201. The van der Waals surface area contributed by atoms with Crippen LogP contribution in [0.4, 0.5) is 0 Å². The third-order valence-corrected chi connectivity index (χ3v) is 6.55. The van der Waals surface area contributed by atoms with Gasteiger partial charge in [-0.25, -0.2) is 0 Å². The van der Waals surface area contributed by atoms with Crippen LogP contribution in [0.25, 0.3) is 0 Å². The van der Waals surface area contributed by atoms with Gasteiger partial charge in [-0.15, -0.1) is 0 Å². The zero-order valence-corrected chi connectivity index (χ0v) is 14.4. The lowest BCUT2D eigenvalue weighted by Crippen LogP contribution is -2.52. The van der Waals surface area contributed by atoms with Crippen molar-refractivity contribution < 1.29 is 18.0 Å². The Balaban J connectivity index is 2.98. The summed E-state index contributed by atoms with van der Waals surface area (Å²) in [5.41, 5.74) is 11.4. The van der Waals surface area contributed by atoms with Gasteiger partial charge in [0.2, 0.25) is 0 Å². The number of nitrogens with two attached hydrogens (primary N) is 2. The summed E-state index contributed by atoms with van der Waals surface area (Å²) in [6, 6.07) is -0.153. The van der Waals surface area contributed by atoms with Gasteiger partial charge in [0.25, 0.3) is 0 Å². The Kier molecular flexibility index (Phi) is 7.21. The molecule has 0 aromatic rings. The van der Waals surface area contributed by atoms with E-state index in [4.69, 9.17) is 29.5 Å². The van der Waals surface area contributed by atoms with Crippen LogP contribution < -0.4 is 11.5 Å². The molecule has 2 atom stereocenters. The van der Waals surface area contributed by atoms with E-state index in [1.165, 1.54) is 0 Å². The summed E-state index contributed by atoms with van der Waals surface area (Å²) in [4.78, 5) is 0. The van der Waals surface area contributed by atoms with E-state index in [-0.39, 0.29) is 6.04 Å². The molecule has 1 aliphatic carbocycles. The van der Waals surface area contributed by atoms with E-state index in [9.17, 15) is 0 Å². The highest BCUT2D eigenvalue weighted by atomic mass is 28.4. The van der Waals surface area contributed by atoms with Gasteiger partial charge < -0.3 is 29.5 Å². The van der Waals surface area contributed by atoms with Crippen LogP contribution in [0.1, 0.15) is 19.8 Å². The maximum Gasteiger partial charge on any atom is 0.536 e. The molecule has 122 valence electrons. The molecule has 0 heterocycles. The summed E-state index contributed by atoms with van der Waals surface area (Å²) in [5.74, 6) is 0. The Labute approximate surface area is 128 Å². The molecule has 0 amide bonds. The second kappa shape index (κ2) is 8.18. The maximum atomic E-state index is 6.26. The standard InChI is InChI=1S/C14H28N2O4Si/c1-5-20-14(13(16)8-11-15)9-6-12(7-10-14)21(17-2,18-3)19-4/h6-7,9,13H,5,8,10-11,15-16H2,1-4H3. The van der Waals surface area contributed by atoms with Crippen LogP contribution in [0.3, 0.4) is 0 Å². The summed E-state index contributed by atoms with van der Waals surface area (Å²) >= 11 is 0. The summed E-state index contributed by atoms with van der Waals surface area (Å²) in [5, 5.41) is 0.922. The topological polar surface area (TPSA) is 89.0 Å². The molecule has 4 N–H and O–H groups in total. The average molecular weight is 316 g/mol. The number of allylic oxidation sites excluding steroid dienone is 2. The first kappa shape index (κ1) is 18.5. The van der Waals surface area contributed by atoms with E-state index < -0.39 is 14.4 Å². The van der Waals surface area contributed by atoms with Crippen molar-refractivity contribution in [1.82, 2.24) is 0 Å². The maximum absolute atomic E-state index is 6.26. The molecular formula is C14H28N2O4Si. The van der Waals surface area contributed by atoms with E-state index in [1.807, 2.05) is 25.2 Å². The van der Waals surface area contributed by atoms with Crippen molar-refractivity contribution in [2.45, 2.75) is 31.4 Å². The van der Waals surface area contributed by atoms with Gasteiger partial charge in [0.15, 0.2) is 0 Å². The summed E-state index contributed by atoms with van der Waals surface area (Å²) in [6.07, 6.45) is 7.32. The molecule has 0 saturated heterocycles. The highest BCUT2D eigenvalue weighted by molar-refractivity contribution is 6.69. The zero-order chi connectivity index (χ0) is 15.9. The number of hydrogen-bond donors (Lipinski definition) is 2. The molecule has 0 spiro atoms. The van der Waals surface area contributed by atoms with E-state index >= 15 is 0 Å². The summed E-state index contributed by atoms with van der Waals surface area (Å²) in [7, 11) is 1.99. The van der Waals surface area contributed by atoms with E-state index in [1.54, 1.807) is 21.3 Å². The highest BCUT2D eigenvalue weighted by Gasteiger charge is 2.45. The van der Waals surface area contributed by atoms with Gasteiger partial charge in [-0.05, 0) is 26.3 Å². The Hall–Kier alpha value is -0.543. The number of ether oxygens (including phenoxy) is 1. The molecule has 1 aliphatic rings. The average Bonchev–Trinajstić information content (AvgIpc) is 2.51. The van der Waals surface area contributed by atoms with Gasteiger partial charge in [0.05, 0.1) is 0 Å². The normalized spacial score (nSPS) is 24.0. The van der Waals surface area contributed by atoms with Crippen molar-refractivity contribution in [3.05, 3.63) is 23.4 Å². The summed E-state index contributed by atoms with van der Waals surface area (Å²) in [6.45, 7) is 3.09. The Morgan fingerprint density at radius 1 is 1.29 bits per heavy atom. The van der Waals surface area contributed by atoms with Crippen molar-refractivity contribution in [2.75, 3.05) is 34.5 Å². The molecule has 21 heavy (non-hydrogen) atoms. The van der Waals surface area contributed by atoms with Crippen molar-refractivity contribution in [1.29, 1.82) is 0 Å². The first-order chi connectivity index (χ1) is 10.0. The first-order valence-corrected chi connectivity index (χ1v) is 8.91.